The fourth-order valence-electron chi connectivity index (χ4n) is 2.41. The average molecular weight is 267 g/mol. The standard InChI is InChI=1S/C15H17N5/c1-2-9-20-13-6-4-3-5-12(13)19-14(20)10-11-7-8-17-15(16)18-11/h3-8H,2,9-10H2,1H3,(H2,16,17,18). The number of nitrogens with two attached hydrogens (primary N) is 1. The van der Waals surface area contributed by atoms with Crippen molar-refractivity contribution < 1.29 is 0 Å². The van der Waals surface area contributed by atoms with Crippen LogP contribution in [0, 0.1) is 0 Å². The molecule has 0 aliphatic carbocycles. The Morgan fingerprint density at radius 1 is 1.15 bits per heavy atom. The van der Waals surface area contributed by atoms with Gasteiger partial charge in [0.15, 0.2) is 0 Å². The van der Waals surface area contributed by atoms with Crippen molar-refractivity contribution in [2.24, 2.45) is 0 Å². The maximum absolute atomic E-state index is 5.63. The number of nitrogen functional groups attached to an aromatic ring is 1. The molecule has 5 heteroatoms. The zero-order chi connectivity index (χ0) is 13.9. The van der Waals surface area contributed by atoms with Crippen molar-refractivity contribution in [3.05, 3.63) is 48.0 Å². The minimum absolute atomic E-state index is 0.306. The van der Waals surface area contributed by atoms with Gasteiger partial charge in [0.1, 0.15) is 5.82 Å². The molecule has 20 heavy (non-hydrogen) atoms. The van der Waals surface area contributed by atoms with E-state index in [9.17, 15) is 0 Å². The Balaban J connectivity index is 2.04. The number of aromatic nitrogens is 4. The lowest BCUT2D eigenvalue weighted by atomic mass is 10.3. The summed E-state index contributed by atoms with van der Waals surface area (Å²) >= 11 is 0. The van der Waals surface area contributed by atoms with Gasteiger partial charge < -0.3 is 10.3 Å². The quantitative estimate of drug-likeness (QED) is 0.788. The van der Waals surface area contributed by atoms with Crippen LogP contribution in [-0.4, -0.2) is 19.5 Å². The van der Waals surface area contributed by atoms with Crippen molar-refractivity contribution in [2.45, 2.75) is 26.3 Å². The first-order valence-electron chi connectivity index (χ1n) is 6.79. The molecule has 3 rings (SSSR count). The maximum Gasteiger partial charge on any atom is 0.220 e. The molecule has 3 aromatic rings. The SMILES string of the molecule is CCCn1c(Cc2ccnc(N)n2)nc2ccccc21. The number of benzene rings is 1. The summed E-state index contributed by atoms with van der Waals surface area (Å²) in [5.74, 6) is 1.33. The van der Waals surface area contributed by atoms with Gasteiger partial charge in [0.25, 0.3) is 0 Å². The van der Waals surface area contributed by atoms with Gasteiger partial charge in [-0.25, -0.2) is 15.0 Å². The van der Waals surface area contributed by atoms with Crippen LogP contribution in [0.15, 0.2) is 36.5 Å². The summed E-state index contributed by atoms with van der Waals surface area (Å²) < 4.78 is 2.26. The van der Waals surface area contributed by atoms with Crippen molar-refractivity contribution in [3.8, 4) is 0 Å². The van der Waals surface area contributed by atoms with E-state index in [0.29, 0.717) is 12.4 Å². The lowest BCUT2D eigenvalue weighted by Gasteiger charge is -2.07. The lowest BCUT2D eigenvalue weighted by Crippen LogP contribution is -2.06. The van der Waals surface area contributed by atoms with Crippen molar-refractivity contribution in [1.82, 2.24) is 19.5 Å². The molecule has 0 aliphatic rings. The van der Waals surface area contributed by atoms with Crippen LogP contribution in [0.2, 0.25) is 0 Å². The number of fused-ring (bicyclic) bond motifs is 1. The number of nitrogens with zero attached hydrogens (tertiary/aromatic N) is 4. The van der Waals surface area contributed by atoms with Crippen LogP contribution in [0.25, 0.3) is 11.0 Å². The Hall–Kier alpha value is -2.43. The fraction of sp³-hybridized carbons (Fsp3) is 0.267. The van der Waals surface area contributed by atoms with Crippen LogP contribution < -0.4 is 5.73 Å². The fourth-order valence-corrected chi connectivity index (χ4v) is 2.41. The number of aryl methyl sites for hydroxylation is 1. The van der Waals surface area contributed by atoms with Gasteiger partial charge in [-0.15, -0.1) is 0 Å². The van der Waals surface area contributed by atoms with Crippen LogP contribution >= 0.6 is 0 Å². The maximum atomic E-state index is 5.63. The molecule has 102 valence electrons. The molecule has 2 N–H and O–H groups in total. The van der Waals surface area contributed by atoms with E-state index >= 15 is 0 Å². The van der Waals surface area contributed by atoms with E-state index in [1.807, 2.05) is 24.3 Å². The third kappa shape index (κ3) is 2.34. The molecule has 0 atom stereocenters. The number of para-hydroxylation sites is 2. The second-order valence-electron chi connectivity index (χ2n) is 4.75. The molecule has 1 aromatic carbocycles. The normalized spacial score (nSPS) is 11.1. The highest BCUT2D eigenvalue weighted by Gasteiger charge is 2.11. The summed E-state index contributed by atoms with van der Waals surface area (Å²) in [7, 11) is 0. The molecule has 0 amide bonds. The number of hydrogen-bond donors (Lipinski definition) is 1. The molecule has 0 unspecified atom stereocenters. The Labute approximate surface area is 117 Å². The topological polar surface area (TPSA) is 69.6 Å². The zero-order valence-electron chi connectivity index (χ0n) is 11.5. The van der Waals surface area contributed by atoms with Gasteiger partial charge in [0.05, 0.1) is 16.7 Å². The van der Waals surface area contributed by atoms with E-state index in [-0.39, 0.29) is 0 Å². The van der Waals surface area contributed by atoms with Gasteiger partial charge in [-0.05, 0) is 24.6 Å². The van der Waals surface area contributed by atoms with Gasteiger partial charge in [-0.3, -0.25) is 0 Å². The minimum atomic E-state index is 0.306. The summed E-state index contributed by atoms with van der Waals surface area (Å²) in [6, 6.07) is 10.1. The van der Waals surface area contributed by atoms with E-state index in [2.05, 4.69) is 27.5 Å². The average Bonchev–Trinajstić information content (AvgIpc) is 2.77. The zero-order valence-corrected chi connectivity index (χ0v) is 11.5. The van der Waals surface area contributed by atoms with Crippen LogP contribution in [0.1, 0.15) is 24.9 Å². The summed E-state index contributed by atoms with van der Waals surface area (Å²) in [5, 5.41) is 0. The lowest BCUT2D eigenvalue weighted by molar-refractivity contribution is 0.662. The third-order valence-electron chi connectivity index (χ3n) is 3.25. The molecule has 0 aliphatic heterocycles. The van der Waals surface area contributed by atoms with Gasteiger partial charge >= 0.3 is 0 Å². The third-order valence-corrected chi connectivity index (χ3v) is 3.25. The van der Waals surface area contributed by atoms with Gasteiger partial charge in [-0.2, -0.15) is 0 Å². The Kier molecular flexibility index (Phi) is 3.33. The minimum Gasteiger partial charge on any atom is -0.368 e. The summed E-state index contributed by atoms with van der Waals surface area (Å²) in [4.78, 5) is 12.9. The van der Waals surface area contributed by atoms with E-state index in [4.69, 9.17) is 10.7 Å². The largest absolute Gasteiger partial charge is 0.368 e. The highest BCUT2D eigenvalue weighted by atomic mass is 15.1. The van der Waals surface area contributed by atoms with Crippen molar-refractivity contribution >= 4 is 17.0 Å². The van der Waals surface area contributed by atoms with Crippen LogP contribution in [-0.2, 0) is 13.0 Å². The molecule has 0 saturated heterocycles. The summed E-state index contributed by atoms with van der Waals surface area (Å²) in [6.07, 6.45) is 3.42. The molecule has 5 nitrogen and oxygen atoms in total. The van der Waals surface area contributed by atoms with E-state index in [1.54, 1.807) is 6.20 Å². The molecule has 0 bridgehead atoms. The second kappa shape index (κ2) is 5.28. The number of hydrogen-bond acceptors (Lipinski definition) is 4. The summed E-state index contributed by atoms with van der Waals surface area (Å²) in [5.41, 5.74) is 8.73. The number of imidazole rings is 1. The molecule has 0 saturated carbocycles. The molecule has 0 spiro atoms. The first-order valence-corrected chi connectivity index (χ1v) is 6.79. The molecular formula is C15H17N5. The van der Waals surface area contributed by atoms with Gasteiger partial charge in [0.2, 0.25) is 5.95 Å². The van der Waals surface area contributed by atoms with Gasteiger partial charge in [0, 0.05) is 19.2 Å². The second-order valence-corrected chi connectivity index (χ2v) is 4.75. The molecular weight excluding hydrogens is 250 g/mol. The van der Waals surface area contributed by atoms with Crippen molar-refractivity contribution in [1.29, 1.82) is 0 Å². The molecule has 0 radical (unpaired) electrons. The van der Waals surface area contributed by atoms with E-state index in [0.717, 1.165) is 30.0 Å². The van der Waals surface area contributed by atoms with Crippen molar-refractivity contribution in [3.63, 3.8) is 0 Å². The first-order chi connectivity index (χ1) is 9.78. The highest BCUT2D eigenvalue weighted by Crippen LogP contribution is 2.18. The number of rotatable bonds is 4. The predicted octanol–water partition coefficient (Wildman–Crippen LogP) is 2.41. The Morgan fingerprint density at radius 2 is 2.00 bits per heavy atom. The Bertz CT molecular complexity index is 732. The predicted molar refractivity (Wildman–Crippen MR) is 79.3 cm³/mol. The van der Waals surface area contributed by atoms with Crippen molar-refractivity contribution in [2.75, 3.05) is 5.73 Å². The highest BCUT2D eigenvalue weighted by molar-refractivity contribution is 5.76. The van der Waals surface area contributed by atoms with Gasteiger partial charge in [-0.1, -0.05) is 19.1 Å². The van der Waals surface area contributed by atoms with Crippen LogP contribution in [0.4, 0.5) is 5.95 Å². The monoisotopic (exact) mass is 267 g/mol. The van der Waals surface area contributed by atoms with Crippen LogP contribution in [0.3, 0.4) is 0 Å². The van der Waals surface area contributed by atoms with E-state index < -0.39 is 0 Å². The summed E-state index contributed by atoms with van der Waals surface area (Å²) in [6.45, 7) is 3.12. The smallest absolute Gasteiger partial charge is 0.220 e. The van der Waals surface area contributed by atoms with Crippen LogP contribution in [0.5, 0.6) is 0 Å². The molecule has 2 heterocycles. The van der Waals surface area contributed by atoms with E-state index in [1.165, 1.54) is 5.52 Å². The number of anilines is 1. The molecule has 0 fully saturated rings. The first kappa shape index (κ1) is 12.6. The molecule has 2 aromatic heterocycles. The Morgan fingerprint density at radius 3 is 2.80 bits per heavy atom.